The van der Waals surface area contributed by atoms with Crippen LogP contribution in [0.1, 0.15) is 12.6 Å². The number of amides is 1. The summed E-state index contributed by atoms with van der Waals surface area (Å²) in [6.45, 7) is 1.90. The quantitative estimate of drug-likeness (QED) is 0.924. The number of aromatic nitrogens is 1. The highest BCUT2D eigenvalue weighted by Crippen LogP contribution is 2.25. The van der Waals surface area contributed by atoms with E-state index in [-0.39, 0.29) is 16.7 Å². The van der Waals surface area contributed by atoms with E-state index in [4.69, 9.17) is 16.3 Å². The molecule has 1 aromatic carbocycles. The van der Waals surface area contributed by atoms with Crippen molar-refractivity contribution in [2.45, 2.75) is 19.6 Å². The van der Waals surface area contributed by atoms with E-state index in [1.54, 1.807) is 19.2 Å². The second kappa shape index (κ2) is 7.04. The highest BCUT2D eigenvalue weighted by atomic mass is 35.5. The zero-order valence-electron chi connectivity index (χ0n) is 11.3. The third kappa shape index (κ3) is 4.43. The summed E-state index contributed by atoms with van der Waals surface area (Å²) in [7, 11) is 0. The molecule has 110 valence electrons. The average Bonchev–Trinajstić information content (AvgIpc) is 2.48. The van der Waals surface area contributed by atoms with Gasteiger partial charge in [0.15, 0.2) is 6.10 Å². The summed E-state index contributed by atoms with van der Waals surface area (Å²) in [5, 5.41) is 2.83. The van der Waals surface area contributed by atoms with Crippen molar-refractivity contribution in [3.05, 3.63) is 59.1 Å². The molecule has 1 heterocycles. The molecule has 0 spiro atoms. The molecule has 1 N–H and O–H groups in total. The Kier molecular flexibility index (Phi) is 5.11. The maximum Gasteiger partial charge on any atom is 0.261 e. The lowest BCUT2D eigenvalue weighted by atomic mass is 10.3. The maximum absolute atomic E-state index is 12.9. The van der Waals surface area contributed by atoms with Crippen LogP contribution >= 0.6 is 11.6 Å². The van der Waals surface area contributed by atoms with Crippen molar-refractivity contribution >= 4 is 17.5 Å². The van der Waals surface area contributed by atoms with Crippen LogP contribution < -0.4 is 10.1 Å². The zero-order valence-corrected chi connectivity index (χ0v) is 12.1. The molecule has 0 aliphatic rings. The standard InChI is InChI=1S/C15H14ClFN2O2/c1-10(21-14-6-5-11(17)8-13(14)16)15(20)19-9-12-4-2-3-7-18-12/h2-8,10H,9H2,1H3,(H,19,20)/t10-/m1/s1. The van der Waals surface area contributed by atoms with Crippen molar-refractivity contribution in [2.75, 3.05) is 0 Å². The zero-order chi connectivity index (χ0) is 15.2. The largest absolute Gasteiger partial charge is 0.479 e. The van der Waals surface area contributed by atoms with Crippen LogP contribution in [0.25, 0.3) is 0 Å². The van der Waals surface area contributed by atoms with Crippen LogP contribution in [0, 0.1) is 5.82 Å². The first-order chi connectivity index (χ1) is 10.1. The Morgan fingerprint density at radius 3 is 2.90 bits per heavy atom. The number of nitrogens with zero attached hydrogens (tertiary/aromatic N) is 1. The number of benzene rings is 1. The van der Waals surface area contributed by atoms with Gasteiger partial charge in [-0.3, -0.25) is 9.78 Å². The minimum atomic E-state index is -0.753. The van der Waals surface area contributed by atoms with E-state index >= 15 is 0 Å². The number of carbonyl (C=O) groups excluding carboxylic acids is 1. The Bertz CT molecular complexity index is 622. The summed E-state index contributed by atoms with van der Waals surface area (Å²) < 4.78 is 18.3. The van der Waals surface area contributed by atoms with Crippen LogP contribution in [0.5, 0.6) is 5.75 Å². The Hall–Kier alpha value is -2.14. The number of ether oxygens (including phenoxy) is 1. The summed E-state index contributed by atoms with van der Waals surface area (Å²) in [6.07, 6.45) is 0.899. The topological polar surface area (TPSA) is 51.2 Å². The molecule has 0 fully saturated rings. The molecule has 0 bridgehead atoms. The normalized spacial score (nSPS) is 11.8. The fraction of sp³-hybridized carbons (Fsp3) is 0.200. The van der Waals surface area contributed by atoms with Gasteiger partial charge in [-0.1, -0.05) is 17.7 Å². The van der Waals surface area contributed by atoms with E-state index in [0.29, 0.717) is 6.54 Å². The third-order valence-electron chi connectivity index (χ3n) is 2.74. The van der Waals surface area contributed by atoms with Crippen LogP contribution in [-0.2, 0) is 11.3 Å². The van der Waals surface area contributed by atoms with Crippen LogP contribution in [0.3, 0.4) is 0 Å². The number of pyridine rings is 1. The summed E-state index contributed by atoms with van der Waals surface area (Å²) >= 11 is 5.84. The average molecular weight is 309 g/mol. The van der Waals surface area contributed by atoms with Gasteiger partial charge in [-0.05, 0) is 37.3 Å². The lowest BCUT2D eigenvalue weighted by Crippen LogP contribution is -2.36. The monoisotopic (exact) mass is 308 g/mol. The van der Waals surface area contributed by atoms with E-state index < -0.39 is 11.9 Å². The molecular formula is C15H14ClFN2O2. The smallest absolute Gasteiger partial charge is 0.261 e. The molecule has 0 radical (unpaired) electrons. The lowest BCUT2D eigenvalue weighted by Gasteiger charge is -2.15. The maximum atomic E-state index is 12.9. The molecule has 0 aliphatic carbocycles. The number of carbonyl (C=O) groups is 1. The summed E-state index contributed by atoms with van der Waals surface area (Å²) in [6, 6.07) is 9.19. The Morgan fingerprint density at radius 2 is 2.24 bits per heavy atom. The second-order valence-electron chi connectivity index (χ2n) is 4.37. The first-order valence-corrected chi connectivity index (χ1v) is 6.73. The summed E-state index contributed by atoms with van der Waals surface area (Å²) in [5.41, 5.74) is 0.748. The van der Waals surface area contributed by atoms with Crippen molar-refractivity contribution < 1.29 is 13.9 Å². The molecule has 0 unspecified atom stereocenters. The molecule has 0 saturated heterocycles. The van der Waals surface area contributed by atoms with E-state index in [9.17, 15) is 9.18 Å². The predicted molar refractivity (Wildman–Crippen MR) is 77.6 cm³/mol. The summed E-state index contributed by atoms with van der Waals surface area (Å²) in [5.74, 6) is -0.501. The minimum Gasteiger partial charge on any atom is -0.479 e. The highest BCUT2D eigenvalue weighted by molar-refractivity contribution is 6.32. The van der Waals surface area contributed by atoms with E-state index in [2.05, 4.69) is 10.3 Å². The second-order valence-corrected chi connectivity index (χ2v) is 4.78. The third-order valence-corrected chi connectivity index (χ3v) is 3.03. The van der Waals surface area contributed by atoms with E-state index in [1.165, 1.54) is 12.1 Å². The molecule has 1 amide bonds. The number of rotatable bonds is 5. The number of halogens is 2. The molecule has 4 nitrogen and oxygen atoms in total. The predicted octanol–water partition coefficient (Wildman–Crippen LogP) is 2.96. The Labute approximate surface area is 126 Å². The van der Waals surface area contributed by atoms with Crippen molar-refractivity contribution in [2.24, 2.45) is 0 Å². The van der Waals surface area contributed by atoms with Crippen LogP contribution in [0.2, 0.25) is 5.02 Å². The molecular weight excluding hydrogens is 295 g/mol. The molecule has 2 aromatic rings. The number of hydrogen-bond donors (Lipinski definition) is 1. The van der Waals surface area contributed by atoms with E-state index in [1.807, 2.05) is 12.1 Å². The van der Waals surface area contributed by atoms with Gasteiger partial charge >= 0.3 is 0 Å². The minimum absolute atomic E-state index is 0.124. The fourth-order valence-corrected chi connectivity index (χ4v) is 1.85. The van der Waals surface area contributed by atoms with E-state index in [0.717, 1.165) is 11.8 Å². The first kappa shape index (κ1) is 15.3. The van der Waals surface area contributed by atoms with Crippen LogP contribution in [0.4, 0.5) is 4.39 Å². The van der Waals surface area contributed by atoms with Gasteiger partial charge in [0.05, 0.1) is 17.3 Å². The van der Waals surface area contributed by atoms with Crippen molar-refractivity contribution in [1.29, 1.82) is 0 Å². The first-order valence-electron chi connectivity index (χ1n) is 6.35. The van der Waals surface area contributed by atoms with Gasteiger partial charge in [0.25, 0.3) is 5.91 Å². The van der Waals surface area contributed by atoms with Gasteiger partial charge in [0.2, 0.25) is 0 Å². The molecule has 0 saturated carbocycles. The van der Waals surface area contributed by atoms with Gasteiger partial charge < -0.3 is 10.1 Å². The molecule has 2 rings (SSSR count). The van der Waals surface area contributed by atoms with Crippen molar-refractivity contribution in [1.82, 2.24) is 10.3 Å². The van der Waals surface area contributed by atoms with Gasteiger partial charge in [0, 0.05) is 6.20 Å². The van der Waals surface area contributed by atoms with Gasteiger partial charge in [-0.15, -0.1) is 0 Å². The van der Waals surface area contributed by atoms with Crippen molar-refractivity contribution in [3.63, 3.8) is 0 Å². The number of hydrogen-bond acceptors (Lipinski definition) is 3. The number of nitrogens with one attached hydrogen (secondary N) is 1. The SMILES string of the molecule is C[C@@H](Oc1ccc(F)cc1Cl)C(=O)NCc1ccccn1. The lowest BCUT2D eigenvalue weighted by molar-refractivity contribution is -0.127. The van der Waals surface area contributed by atoms with Crippen LogP contribution in [-0.4, -0.2) is 17.0 Å². The highest BCUT2D eigenvalue weighted by Gasteiger charge is 2.16. The Morgan fingerprint density at radius 1 is 1.43 bits per heavy atom. The molecule has 21 heavy (non-hydrogen) atoms. The molecule has 1 atom stereocenters. The Balaban J connectivity index is 1.90. The van der Waals surface area contributed by atoms with Crippen molar-refractivity contribution in [3.8, 4) is 5.75 Å². The van der Waals surface area contributed by atoms with Gasteiger partial charge in [-0.25, -0.2) is 4.39 Å². The fourth-order valence-electron chi connectivity index (χ4n) is 1.64. The summed E-state index contributed by atoms with van der Waals surface area (Å²) in [4.78, 5) is 16.0. The molecule has 0 aliphatic heterocycles. The van der Waals surface area contributed by atoms with Gasteiger partial charge in [0.1, 0.15) is 11.6 Å². The molecule has 6 heteroatoms. The molecule has 1 aromatic heterocycles. The van der Waals surface area contributed by atoms with Gasteiger partial charge in [-0.2, -0.15) is 0 Å². The van der Waals surface area contributed by atoms with Crippen LogP contribution in [0.15, 0.2) is 42.6 Å².